The van der Waals surface area contributed by atoms with Crippen molar-refractivity contribution in [1.82, 2.24) is 0 Å². The molecule has 1 aromatic rings. The SMILES string of the molecule is CC1OCCC1N(C)c1ccc(C(N)=S)c(F)c1F. The highest BCUT2D eigenvalue weighted by molar-refractivity contribution is 7.80. The molecule has 0 spiro atoms. The Kier molecular flexibility index (Phi) is 4.01. The molecular weight excluding hydrogens is 270 g/mol. The minimum absolute atomic E-state index is 0.0114. The van der Waals surface area contributed by atoms with Crippen LogP contribution in [-0.2, 0) is 4.74 Å². The lowest BCUT2D eigenvalue weighted by atomic mass is 10.1. The van der Waals surface area contributed by atoms with E-state index in [1.165, 1.54) is 12.1 Å². The van der Waals surface area contributed by atoms with Crippen LogP contribution in [0, 0.1) is 11.6 Å². The van der Waals surface area contributed by atoms with Crippen LogP contribution in [0.25, 0.3) is 0 Å². The molecule has 0 amide bonds. The van der Waals surface area contributed by atoms with Crippen LogP contribution in [0.5, 0.6) is 0 Å². The van der Waals surface area contributed by atoms with Crippen LogP contribution in [0.1, 0.15) is 18.9 Å². The van der Waals surface area contributed by atoms with E-state index in [4.69, 9.17) is 10.5 Å². The normalized spacial score (nSPS) is 22.5. The average molecular weight is 286 g/mol. The summed E-state index contributed by atoms with van der Waals surface area (Å²) in [5.74, 6) is -1.92. The summed E-state index contributed by atoms with van der Waals surface area (Å²) in [6.45, 7) is 2.55. The molecule has 2 N–H and O–H groups in total. The van der Waals surface area contributed by atoms with Crippen molar-refractivity contribution >= 4 is 22.9 Å². The van der Waals surface area contributed by atoms with Gasteiger partial charge in [-0.15, -0.1) is 0 Å². The van der Waals surface area contributed by atoms with Gasteiger partial charge in [0.2, 0.25) is 0 Å². The fourth-order valence-electron chi connectivity index (χ4n) is 2.41. The Labute approximate surface area is 116 Å². The van der Waals surface area contributed by atoms with E-state index in [0.29, 0.717) is 6.61 Å². The van der Waals surface area contributed by atoms with Gasteiger partial charge in [-0.2, -0.15) is 0 Å². The number of ether oxygens (including phenoxy) is 1. The number of thiocarbonyl (C=S) groups is 1. The maximum atomic E-state index is 14.1. The highest BCUT2D eigenvalue weighted by Gasteiger charge is 2.30. The fraction of sp³-hybridized carbons (Fsp3) is 0.462. The quantitative estimate of drug-likeness (QED) is 0.865. The van der Waals surface area contributed by atoms with Crippen molar-refractivity contribution in [2.24, 2.45) is 5.73 Å². The van der Waals surface area contributed by atoms with Gasteiger partial charge in [-0.1, -0.05) is 12.2 Å². The zero-order chi connectivity index (χ0) is 14.2. The first kappa shape index (κ1) is 14.1. The Morgan fingerprint density at radius 2 is 2.11 bits per heavy atom. The standard InChI is InChI=1S/C13H16F2N2OS/c1-7-9(5-6-18-7)17(2)10-4-3-8(13(16)19)11(14)12(10)15/h3-4,7,9H,5-6H2,1-2H3,(H2,16,19). The second-order valence-corrected chi connectivity index (χ2v) is 5.11. The van der Waals surface area contributed by atoms with E-state index in [-0.39, 0.29) is 28.4 Å². The summed E-state index contributed by atoms with van der Waals surface area (Å²) < 4.78 is 33.4. The minimum atomic E-state index is -0.997. The Bertz CT molecular complexity index is 510. The molecule has 104 valence electrons. The van der Waals surface area contributed by atoms with Gasteiger partial charge in [-0.3, -0.25) is 0 Å². The highest BCUT2D eigenvalue weighted by atomic mass is 32.1. The molecule has 1 aliphatic rings. The van der Waals surface area contributed by atoms with Crippen molar-refractivity contribution in [3.05, 3.63) is 29.3 Å². The molecule has 2 atom stereocenters. The molecule has 6 heteroatoms. The maximum Gasteiger partial charge on any atom is 0.182 e. The van der Waals surface area contributed by atoms with Crippen LogP contribution < -0.4 is 10.6 Å². The van der Waals surface area contributed by atoms with Crippen molar-refractivity contribution in [2.45, 2.75) is 25.5 Å². The molecule has 1 heterocycles. The number of rotatable bonds is 3. The van der Waals surface area contributed by atoms with Gasteiger partial charge in [0, 0.05) is 19.2 Å². The molecule has 1 saturated heterocycles. The molecule has 1 fully saturated rings. The first-order valence-electron chi connectivity index (χ1n) is 6.05. The Hall–Kier alpha value is -1.27. The molecule has 0 saturated carbocycles. The van der Waals surface area contributed by atoms with E-state index in [1.54, 1.807) is 11.9 Å². The van der Waals surface area contributed by atoms with Crippen LogP contribution in [0.4, 0.5) is 14.5 Å². The first-order chi connectivity index (χ1) is 8.93. The lowest BCUT2D eigenvalue weighted by Crippen LogP contribution is -2.37. The van der Waals surface area contributed by atoms with E-state index in [9.17, 15) is 8.78 Å². The summed E-state index contributed by atoms with van der Waals surface area (Å²) >= 11 is 4.68. The monoisotopic (exact) mass is 286 g/mol. The zero-order valence-corrected chi connectivity index (χ0v) is 11.6. The zero-order valence-electron chi connectivity index (χ0n) is 10.8. The molecule has 1 aromatic carbocycles. The lowest BCUT2D eigenvalue weighted by molar-refractivity contribution is 0.118. The first-order valence-corrected chi connectivity index (χ1v) is 6.46. The molecular formula is C13H16F2N2OS. The van der Waals surface area contributed by atoms with E-state index in [0.717, 1.165) is 6.42 Å². The number of hydrogen-bond acceptors (Lipinski definition) is 3. The van der Waals surface area contributed by atoms with E-state index < -0.39 is 11.6 Å². The van der Waals surface area contributed by atoms with Gasteiger partial charge in [0.05, 0.1) is 17.8 Å². The van der Waals surface area contributed by atoms with Crippen LogP contribution in [-0.4, -0.2) is 30.8 Å². The van der Waals surface area contributed by atoms with Gasteiger partial charge in [0.25, 0.3) is 0 Å². The summed E-state index contributed by atoms with van der Waals surface area (Å²) in [6.07, 6.45) is 0.776. The maximum absolute atomic E-state index is 14.1. The fourth-order valence-corrected chi connectivity index (χ4v) is 2.57. The van der Waals surface area contributed by atoms with Crippen molar-refractivity contribution in [3.8, 4) is 0 Å². The van der Waals surface area contributed by atoms with Crippen molar-refractivity contribution in [3.63, 3.8) is 0 Å². The molecule has 1 aliphatic heterocycles. The van der Waals surface area contributed by atoms with Gasteiger partial charge in [0.15, 0.2) is 11.6 Å². The molecule has 3 nitrogen and oxygen atoms in total. The van der Waals surface area contributed by atoms with Crippen molar-refractivity contribution in [2.75, 3.05) is 18.6 Å². The molecule has 2 unspecified atom stereocenters. The molecule has 0 radical (unpaired) electrons. The Balaban J connectivity index is 2.35. The Morgan fingerprint density at radius 1 is 1.42 bits per heavy atom. The predicted octanol–water partition coefficient (Wildman–Crippen LogP) is 2.21. The third-order valence-electron chi connectivity index (χ3n) is 3.54. The minimum Gasteiger partial charge on any atom is -0.389 e. The molecule has 0 bridgehead atoms. The van der Waals surface area contributed by atoms with Gasteiger partial charge < -0.3 is 15.4 Å². The molecule has 0 aliphatic carbocycles. The summed E-state index contributed by atoms with van der Waals surface area (Å²) in [7, 11) is 1.73. The van der Waals surface area contributed by atoms with Crippen LogP contribution in [0.3, 0.4) is 0 Å². The predicted molar refractivity (Wildman–Crippen MR) is 74.5 cm³/mol. The number of halogens is 2. The number of anilines is 1. The number of likely N-dealkylation sites (N-methyl/N-ethyl adjacent to an activating group) is 1. The number of nitrogens with two attached hydrogens (primary N) is 1. The topological polar surface area (TPSA) is 38.5 Å². The third-order valence-corrected chi connectivity index (χ3v) is 3.76. The van der Waals surface area contributed by atoms with Gasteiger partial charge in [-0.25, -0.2) is 8.78 Å². The Morgan fingerprint density at radius 3 is 2.63 bits per heavy atom. The van der Waals surface area contributed by atoms with Crippen LogP contribution >= 0.6 is 12.2 Å². The lowest BCUT2D eigenvalue weighted by Gasteiger charge is -2.29. The van der Waals surface area contributed by atoms with E-state index in [2.05, 4.69) is 12.2 Å². The summed E-state index contributed by atoms with van der Waals surface area (Å²) in [5, 5.41) is 0. The van der Waals surface area contributed by atoms with E-state index >= 15 is 0 Å². The summed E-state index contributed by atoms with van der Waals surface area (Å²) in [4.78, 5) is 1.56. The van der Waals surface area contributed by atoms with Gasteiger partial charge in [-0.05, 0) is 25.5 Å². The summed E-state index contributed by atoms with van der Waals surface area (Å²) in [5.41, 5.74) is 5.47. The molecule has 0 aromatic heterocycles. The number of benzene rings is 1. The second kappa shape index (κ2) is 5.38. The van der Waals surface area contributed by atoms with Crippen LogP contribution in [0.15, 0.2) is 12.1 Å². The van der Waals surface area contributed by atoms with Gasteiger partial charge >= 0.3 is 0 Å². The van der Waals surface area contributed by atoms with Crippen LogP contribution in [0.2, 0.25) is 0 Å². The highest BCUT2D eigenvalue weighted by Crippen LogP contribution is 2.28. The number of hydrogen-bond donors (Lipinski definition) is 1. The average Bonchev–Trinajstić information content (AvgIpc) is 2.77. The summed E-state index contributed by atoms with van der Waals surface area (Å²) in [6, 6.07) is 2.94. The molecule has 19 heavy (non-hydrogen) atoms. The van der Waals surface area contributed by atoms with Gasteiger partial charge in [0.1, 0.15) is 4.99 Å². The third kappa shape index (κ3) is 2.55. The number of nitrogens with zero attached hydrogens (tertiary/aromatic N) is 1. The van der Waals surface area contributed by atoms with Crippen molar-refractivity contribution < 1.29 is 13.5 Å². The smallest absolute Gasteiger partial charge is 0.182 e. The largest absolute Gasteiger partial charge is 0.389 e. The van der Waals surface area contributed by atoms with Crippen molar-refractivity contribution in [1.29, 1.82) is 0 Å². The van der Waals surface area contributed by atoms with E-state index in [1.807, 2.05) is 6.92 Å². The molecule has 2 rings (SSSR count). The second-order valence-electron chi connectivity index (χ2n) is 4.67.